The molecule has 0 saturated heterocycles. The Labute approximate surface area is 135 Å². The molecule has 0 aliphatic rings. The van der Waals surface area contributed by atoms with Crippen molar-refractivity contribution in [1.82, 2.24) is 14.6 Å². The maximum atomic E-state index is 4.71. The van der Waals surface area contributed by atoms with Crippen LogP contribution in [0.1, 0.15) is 46.7 Å². The quantitative estimate of drug-likeness (QED) is 0.761. The zero-order valence-electron chi connectivity index (χ0n) is 13.6. The number of alkyl halides is 1. The molecule has 0 spiro atoms. The van der Waals surface area contributed by atoms with Crippen LogP contribution in [-0.4, -0.2) is 32.5 Å². The van der Waals surface area contributed by atoms with Crippen molar-refractivity contribution < 1.29 is 0 Å². The van der Waals surface area contributed by atoms with E-state index in [9.17, 15) is 0 Å². The summed E-state index contributed by atoms with van der Waals surface area (Å²) >= 11 is 3.51. The lowest BCUT2D eigenvalue weighted by Gasteiger charge is -2.28. The number of fused-ring (bicyclic) bond motifs is 1. The fourth-order valence-electron chi connectivity index (χ4n) is 2.33. The Morgan fingerprint density at radius 1 is 1.33 bits per heavy atom. The Morgan fingerprint density at radius 3 is 2.62 bits per heavy atom. The van der Waals surface area contributed by atoms with Crippen LogP contribution < -0.4 is 4.90 Å². The SMILES string of the molecule is CC(C)N(CCCBr)c1nccn2nc(C(C)(C)C)cc12. The van der Waals surface area contributed by atoms with Gasteiger partial charge in [0.25, 0.3) is 0 Å². The first-order valence-corrected chi connectivity index (χ1v) is 8.64. The molecule has 0 aliphatic carbocycles. The van der Waals surface area contributed by atoms with Gasteiger partial charge >= 0.3 is 0 Å². The Bertz CT molecular complexity index is 598. The van der Waals surface area contributed by atoms with Crippen molar-refractivity contribution in [2.45, 2.75) is 52.5 Å². The molecule has 0 unspecified atom stereocenters. The van der Waals surface area contributed by atoms with Gasteiger partial charge in [-0.2, -0.15) is 5.10 Å². The summed E-state index contributed by atoms with van der Waals surface area (Å²) in [6.07, 6.45) is 4.86. The Hall–Kier alpha value is -1.10. The summed E-state index contributed by atoms with van der Waals surface area (Å²) in [5, 5.41) is 5.71. The maximum Gasteiger partial charge on any atom is 0.154 e. The third kappa shape index (κ3) is 3.57. The van der Waals surface area contributed by atoms with Crippen LogP contribution in [-0.2, 0) is 5.41 Å². The first-order valence-electron chi connectivity index (χ1n) is 7.52. The molecule has 5 heteroatoms. The lowest BCUT2D eigenvalue weighted by molar-refractivity contribution is 0.562. The van der Waals surface area contributed by atoms with Gasteiger partial charge in [0.15, 0.2) is 5.82 Å². The first-order chi connectivity index (χ1) is 9.84. The van der Waals surface area contributed by atoms with Gasteiger partial charge in [-0.1, -0.05) is 36.7 Å². The molecule has 0 amide bonds. The number of rotatable bonds is 5. The van der Waals surface area contributed by atoms with E-state index in [1.165, 1.54) is 0 Å². The number of nitrogens with zero attached hydrogens (tertiary/aromatic N) is 4. The highest BCUT2D eigenvalue weighted by Gasteiger charge is 2.21. The van der Waals surface area contributed by atoms with Crippen LogP contribution in [0.5, 0.6) is 0 Å². The predicted octanol–water partition coefficient (Wildman–Crippen LogP) is 4.03. The van der Waals surface area contributed by atoms with Crippen LogP contribution in [0, 0.1) is 0 Å². The maximum absolute atomic E-state index is 4.71. The predicted molar refractivity (Wildman–Crippen MR) is 92.6 cm³/mol. The molecule has 0 fully saturated rings. The second kappa shape index (κ2) is 6.34. The molecule has 0 N–H and O–H groups in total. The van der Waals surface area contributed by atoms with Crippen LogP contribution in [0.2, 0.25) is 0 Å². The van der Waals surface area contributed by atoms with E-state index in [1.54, 1.807) is 0 Å². The molecule has 2 aromatic rings. The van der Waals surface area contributed by atoms with Gasteiger partial charge in [-0.25, -0.2) is 9.50 Å². The van der Waals surface area contributed by atoms with Gasteiger partial charge < -0.3 is 4.90 Å². The fourth-order valence-corrected chi connectivity index (χ4v) is 2.59. The Morgan fingerprint density at radius 2 is 2.05 bits per heavy atom. The van der Waals surface area contributed by atoms with Crippen molar-refractivity contribution in [3.8, 4) is 0 Å². The summed E-state index contributed by atoms with van der Waals surface area (Å²) in [5.74, 6) is 1.02. The van der Waals surface area contributed by atoms with Gasteiger partial charge in [-0.05, 0) is 26.3 Å². The summed E-state index contributed by atoms with van der Waals surface area (Å²) in [6.45, 7) is 12.0. The molecular weight excluding hydrogens is 328 g/mol. The lowest BCUT2D eigenvalue weighted by Crippen LogP contribution is -2.33. The van der Waals surface area contributed by atoms with Gasteiger partial charge in [0.2, 0.25) is 0 Å². The van der Waals surface area contributed by atoms with E-state index < -0.39 is 0 Å². The van der Waals surface area contributed by atoms with E-state index >= 15 is 0 Å². The smallest absolute Gasteiger partial charge is 0.154 e. The number of halogens is 1. The molecule has 0 radical (unpaired) electrons. The van der Waals surface area contributed by atoms with Crippen LogP contribution in [0.25, 0.3) is 5.52 Å². The van der Waals surface area contributed by atoms with Gasteiger partial charge in [-0.15, -0.1) is 0 Å². The molecule has 21 heavy (non-hydrogen) atoms. The molecule has 4 nitrogen and oxygen atoms in total. The van der Waals surface area contributed by atoms with Crippen LogP contribution in [0.15, 0.2) is 18.5 Å². The topological polar surface area (TPSA) is 33.4 Å². The van der Waals surface area contributed by atoms with Crippen molar-refractivity contribution in [3.05, 3.63) is 24.2 Å². The van der Waals surface area contributed by atoms with E-state index in [0.29, 0.717) is 6.04 Å². The van der Waals surface area contributed by atoms with Crippen molar-refractivity contribution in [2.24, 2.45) is 0 Å². The second-order valence-electron chi connectivity index (χ2n) is 6.69. The number of hydrogen-bond donors (Lipinski definition) is 0. The highest BCUT2D eigenvalue weighted by molar-refractivity contribution is 9.09. The van der Waals surface area contributed by atoms with Gasteiger partial charge in [0.1, 0.15) is 5.52 Å². The van der Waals surface area contributed by atoms with Gasteiger partial charge in [0, 0.05) is 35.7 Å². The van der Waals surface area contributed by atoms with Crippen molar-refractivity contribution in [3.63, 3.8) is 0 Å². The van der Waals surface area contributed by atoms with E-state index in [4.69, 9.17) is 5.10 Å². The van der Waals surface area contributed by atoms with Crippen LogP contribution in [0.3, 0.4) is 0 Å². The molecule has 2 heterocycles. The normalized spacial score (nSPS) is 12.3. The minimum atomic E-state index is 0.0435. The zero-order valence-corrected chi connectivity index (χ0v) is 15.2. The van der Waals surface area contributed by atoms with E-state index in [2.05, 4.69) is 66.5 Å². The van der Waals surface area contributed by atoms with Gasteiger partial charge in [0.05, 0.1) is 5.69 Å². The lowest BCUT2D eigenvalue weighted by atomic mass is 9.92. The van der Waals surface area contributed by atoms with Crippen molar-refractivity contribution in [1.29, 1.82) is 0 Å². The number of aromatic nitrogens is 3. The average molecular weight is 353 g/mol. The molecule has 0 bridgehead atoms. The minimum absolute atomic E-state index is 0.0435. The molecule has 0 aliphatic heterocycles. The summed E-state index contributed by atoms with van der Waals surface area (Å²) in [6, 6.07) is 2.59. The molecule has 116 valence electrons. The van der Waals surface area contributed by atoms with Crippen molar-refractivity contribution in [2.75, 3.05) is 16.8 Å². The number of hydrogen-bond acceptors (Lipinski definition) is 3. The first kappa shape index (κ1) is 16.3. The van der Waals surface area contributed by atoms with Gasteiger partial charge in [-0.3, -0.25) is 0 Å². The molecule has 0 aromatic carbocycles. The van der Waals surface area contributed by atoms with Crippen molar-refractivity contribution >= 4 is 27.3 Å². The monoisotopic (exact) mass is 352 g/mol. The van der Waals surface area contributed by atoms with Crippen LogP contribution in [0.4, 0.5) is 5.82 Å². The molecule has 2 aromatic heterocycles. The van der Waals surface area contributed by atoms with Crippen LogP contribution >= 0.6 is 15.9 Å². The van der Waals surface area contributed by atoms with E-state index in [0.717, 1.165) is 35.3 Å². The summed E-state index contributed by atoms with van der Waals surface area (Å²) in [4.78, 5) is 6.98. The third-order valence-corrected chi connectivity index (χ3v) is 4.13. The fraction of sp³-hybridized carbons (Fsp3) is 0.625. The zero-order chi connectivity index (χ0) is 15.6. The molecular formula is C16H25BrN4. The summed E-state index contributed by atoms with van der Waals surface area (Å²) in [7, 11) is 0. The summed E-state index contributed by atoms with van der Waals surface area (Å²) in [5.41, 5.74) is 2.23. The molecule has 0 saturated carbocycles. The minimum Gasteiger partial charge on any atom is -0.352 e. The number of anilines is 1. The average Bonchev–Trinajstić information content (AvgIpc) is 2.83. The largest absolute Gasteiger partial charge is 0.352 e. The third-order valence-electron chi connectivity index (χ3n) is 3.57. The van der Waals surface area contributed by atoms with E-state index in [-0.39, 0.29) is 5.41 Å². The standard InChI is InChI=1S/C16H25BrN4/c1-12(2)20(9-6-7-17)15-13-11-14(16(3,4)5)19-21(13)10-8-18-15/h8,10-12H,6-7,9H2,1-5H3. The molecule has 2 rings (SSSR count). The molecule has 0 atom stereocenters. The highest BCUT2D eigenvalue weighted by Crippen LogP contribution is 2.27. The Kier molecular flexibility index (Phi) is 4.91. The highest BCUT2D eigenvalue weighted by atomic mass is 79.9. The second-order valence-corrected chi connectivity index (χ2v) is 7.48. The summed E-state index contributed by atoms with van der Waals surface area (Å²) < 4.78 is 1.95. The van der Waals surface area contributed by atoms with E-state index in [1.807, 2.05) is 16.9 Å². The Balaban J connectivity index is 2.49.